The van der Waals surface area contributed by atoms with Crippen molar-refractivity contribution in [3.05, 3.63) is 63.4 Å². The molecule has 6 heteroatoms. The molecule has 1 aliphatic rings. The van der Waals surface area contributed by atoms with Crippen molar-refractivity contribution in [3.8, 4) is 5.75 Å². The predicted molar refractivity (Wildman–Crippen MR) is 70.4 cm³/mol. The third-order valence-corrected chi connectivity index (χ3v) is 3.49. The second-order valence-electron chi connectivity index (χ2n) is 4.59. The van der Waals surface area contributed by atoms with Crippen molar-refractivity contribution in [3.63, 3.8) is 0 Å². The summed E-state index contributed by atoms with van der Waals surface area (Å²) in [7, 11) is 0. The van der Waals surface area contributed by atoms with Crippen LogP contribution in [0.4, 0.5) is 13.2 Å². The highest BCUT2D eigenvalue weighted by Gasteiger charge is 2.26. The summed E-state index contributed by atoms with van der Waals surface area (Å²) in [5.74, 6) is -5.04. The summed E-state index contributed by atoms with van der Waals surface area (Å²) in [6.45, 7) is 0.385. The van der Waals surface area contributed by atoms with Gasteiger partial charge in [-0.25, -0.2) is 13.2 Å². The summed E-state index contributed by atoms with van der Waals surface area (Å²) >= 11 is 5.92. The van der Waals surface area contributed by atoms with Gasteiger partial charge in [-0.2, -0.15) is 0 Å². The molecule has 0 saturated carbocycles. The molecular weight excluding hydrogens is 305 g/mol. The maximum absolute atomic E-state index is 13.7. The van der Waals surface area contributed by atoms with E-state index in [2.05, 4.69) is 0 Å². The quantitative estimate of drug-likeness (QED) is 0.620. The minimum Gasteiger partial charge on any atom is -0.492 e. The van der Waals surface area contributed by atoms with Crippen LogP contribution in [0.1, 0.15) is 21.5 Å². The highest BCUT2D eigenvalue weighted by atomic mass is 35.5. The average Bonchev–Trinajstić information content (AvgIpc) is 2.91. The first kappa shape index (κ1) is 13.9. The molecule has 1 aliphatic heterocycles. The first-order valence-electron chi connectivity index (χ1n) is 6.12. The molecule has 3 rings (SSSR count). The van der Waals surface area contributed by atoms with Gasteiger partial charge in [0, 0.05) is 11.4 Å². The van der Waals surface area contributed by atoms with E-state index >= 15 is 0 Å². The van der Waals surface area contributed by atoms with E-state index in [0.29, 0.717) is 29.9 Å². The van der Waals surface area contributed by atoms with Crippen molar-refractivity contribution in [2.45, 2.75) is 6.42 Å². The summed E-state index contributed by atoms with van der Waals surface area (Å²) in [5, 5.41) is 0.297. The predicted octanol–water partition coefficient (Wildman–Crippen LogP) is 3.92. The lowest BCUT2D eigenvalue weighted by Gasteiger charge is -2.09. The van der Waals surface area contributed by atoms with E-state index in [9.17, 15) is 18.0 Å². The zero-order valence-electron chi connectivity index (χ0n) is 10.6. The summed E-state index contributed by atoms with van der Waals surface area (Å²) in [4.78, 5) is 12.4. The largest absolute Gasteiger partial charge is 0.492 e. The molecule has 1 heterocycles. The summed E-state index contributed by atoms with van der Waals surface area (Å²) in [6.07, 6.45) is 0.580. The van der Waals surface area contributed by atoms with Crippen LogP contribution >= 0.6 is 11.6 Å². The minimum atomic E-state index is -1.68. The van der Waals surface area contributed by atoms with Crippen molar-refractivity contribution >= 4 is 17.4 Å². The first-order chi connectivity index (χ1) is 9.99. The van der Waals surface area contributed by atoms with Crippen LogP contribution in [0.25, 0.3) is 0 Å². The number of carbonyl (C=O) groups is 1. The Morgan fingerprint density at radius 2 is 1.86 bits per heavy atom. The van der Waals surface area contributed by atoms with Crippen molar-refractivity contribution in [2.75, 3.05) is 6.61 Å². The Hall–Kier alpha value is -2.01. The number of benzene rings is 2. The monoisotopic (exact) mass is 312 g/mol. The molecule has 0 saturated heterocycles. The molecule has 0 aromatic heterocycles. The van der Waals surface area contributed by atoms with Crippen LogP contribution < -0.4 is 4.74 Å². The van der Waals surface area contributed by atoms with Crippen LogP contribution in [0, 0.1) is 17.5 Å². The second kappa shape index (κ2) is 5.07. The van der Waals surface area contributed by atoms with Crippen LogP contribution in [-0.2, 0) is 6.42 Å². The zero-order chi connectivity index (χ0) is 15.1. The summed E-state index contributed by atoms with van der Waals surface area (Å²) in [5.41, 5.74) is 0.211. The maximum Gasteiger partial charge on any atom is 0.199 e. The van der Waals surface area contributed by atoms with Gasteiger partial charge < -0.3 is 4.74 Å². The van der Waals surface area contributed by atoms with Crippen LogP contribution in [0.3, 0.4) is 0 Å². The summed E-state index contributed by atoms with van der Waals surface area (Å²) in [6, 6.07) is 4.59. The van der Waals surface area contributed by atoms with Gasteiger partial charge in [0.05, 0.1) is 17.7 Å². The number of halogens is 4. The molecule has 0 fully saturated rings. The molecule has 2 nitrogen and oxygen atoms in total. The van der Waals surface area contributed by atoms with E-state index < -0.39 is 28.8 Å². The van der Waals surface area contributed by atoms with Gasteiger partial charge in [0.1, 0.15) is 5.75 Å². The highest BCUT2D eigenvalue weighted by Crippen LogP contribution is 2.34. The zero-order valence-corrected chi connectivity index (χ0v) is 11.3. The second-order valence-corrected chi connectivity index (χ2v) is 5.03. The molecule has 108 valence electrons. The van der Waals surface area contributed by atoms with Gasteiger partial charge in [0.25, 0.3) is 0 Å². The van der Waals surface area contributed by atoms with Crippen molar-refractivity contribution in [1.82, 2.24) is 0 Å². The molecule has 0 bridgehead atoms. The smallest absolute Gasteiger partial charge is 0.199 e. The topological polar surface area (TPSA) is 26.3 Å². The molecule has 0 amide bonds. The standard InChI is InChI=1S/C15H8ClF3O2/c16-8-5-7-3-4-21-15(7)10(6-8)14(20)9-1-2-11(17)13(19)12(9)18/h1-2,5-6H,3-4H2. The van der Waals surface area contributed by atoms with Gasteiger partial charge in [-0.15, -0.1) is 0 Å². The van der Waals surface area contributed by atoms with E-state index in [4.69, 9.17) is 16.3 Å². The molecule has 0 spiro atoms. The Bertz CT molecular complexity index is 759. The average molecular weight is 313 g/mol. The van der Waals surface area contributed by atoms with Crippen LogP contribution in [0.5, 0.6) is 5.75 Å². The van der Waals surface area contributed by atoms with Gasteiger partial charge in [0.2, 0.25) is 0 Å². The Labute approximate surface area is 123 Å². The lowest BCUT2D eigenvalue weighted by Crippen LogP contribution is -2.08. The summed E-state index contributed by atoms with van der Waals surface area (Å²) < 4.78 is 45.3. The molecule has 2 aromatic rings. The van der Waals surface area contributed by atoms with Crippen LogP contribution in [0.2, 0.25) is 5.02 Å². The molecule has 2 aromatic carbocycles. The van der Waals surface area contributed by atoms with E-state index in [-0.39, 0.29) is 5.56 Å². The fraction of sp³-hybridized carbons (Fsp3) is 0.133. The van der Waals surface area contributed by atoms with Gasteiger partial charge in [-0.3, -0.25) is 4.79 Å². The Morgan fingerprint density at radius 1 is 1.10 bits per heavy atom. The molecule has 21 heavy (non-hydrogen) atoms. The lowest BCUT2D eigenvalue weighted by molar-refractivity contribution is 0.103. The van der Waals surface area contributed by atoms with Crippen LogP contribution in [-0.4, -0.2) is 12.4 Å². The number of hydrogen-bond donors (Lipinski definition) is 0. The van der Waals surface area contributed by atoms with Gasteiger partial charge in [0.15, 0.2) is 23.2 Å². The molecule has 0 N–H and O–H groups in total. The molecular formula is C15H8ClF3O2. The Balaban J connectivity index is 2.14. The van der Waals surface area contributed by atoms with Crippen LogP contribution in [0.15, 0.2) is 24.3 Å². The first-order valence-corrected chi connectivity index (χ1v) is 6.50. The van der Waals surface area contributed by atoms with E-state index in [1.54, 1.807) is 6.07 Å². The van der Waals surface area contributed by atoms with Gasteiger partial charge in [-0.05, 0) is 29.8 Å². The maximum atomic E-state index is 13.7. The molecule has 0 aliphatic carbocycles. The van der Waals surface area contributed by atoms with Crippen molar-refractivity contribution in [1.29, 1.82) is 0 Å². The van der Waals surface area contributed by atoms with E-state index in [1.165, 1.54) is 6.07 Å². The minimum absolute atomic E-state index is 0.0416. The normalized spacial score (nSPS) is 13.0. The third kappa shape index (κ3) is 2.27. The number of carbonyl (C=O) groups excluding carboxylic acids is 1. The van der Waals surface area contributed by atoms with E-state index in [0.717, 1.165) is 11.6 Å². The van der Waals surface area contributed by atoms with Crippen molar-refractivity contribution < 1.29 is 22.7 Å². The van der Waals surface area contributed by atoms with Gasteiger partial charge in [-0.1, -0.05) is 11.6 Å². The number of hydrogen-bond acceptors (Lipinski definition) is 2. The molecule has 0 unspecified atom stereocenters. The number of fused-ring (bicyclic) bond motifs is 1. The fourth-order valence-corrected chi connectivity index (χ4v) is 2.53. The van der Waals surface area contributed by atoms with E-state index in [1.807, 2.05) is 0 Å². The fourth-order valence-electron chi connectivity index (χ4n) is 2.28. The third-order valence-electron chi connectivity index (χ3n) is 3.27. The number of ether oxygens (including phenoxy) is 1. The number of ketones is 1. The SMILES string of the molecule is O=C(c1ccc(F)c(F)c1F)c1cc(Cl)cc2c1OCC2. The number of rotatable bonds is 2. The van der Waals surface area contributed by atoms with Crippen molar-refractivity contribution in [2.24, 2.45) is 0 Å². The Kier molecular flexibility index (Phi) is 3.37. The molecule has 0 radical (unpaired) electrons. The van der Waals surface area contributed by atoms with Gasteiger partial charge >= 0.3 is 0 Å². The lowest BCUT2D eigenvalue weighted by atomic mass is 9.99. The Morgan fingerprint density at radius 3 is 2.62 bits per heavy atom. The highest BCUT2D eigenvalue weighted by molar-refractivity contribution is 6.31. The molecule has 0 atom stereocenters.